The molecule has 0 aromatic rings. The van der Waals surface area contributed by atoms with Gasteiger partial charge in [0.2, 0.25) is 0 Å². The molecule has 0 aliphatic heterocycles. The van der Waals surface area contributed by atoms with Gasteiger partial charge in [-0.1, -0.05) is 13.3 Å². The molecule has 41 valence electrons. The molecular formula is C5H10NO. The first-order valence-corrected chi connectivity index (χ1v) is 2.51. The van der Waals surface area contributed by atoms with Gasteiger partial charge in [0.1, 0.15) is 0 Å². The fourth-order valence-corrected chi connectivity index (χ4v) is 0.316. The molecule has 0 saturated carbocycles. The SMILES string of the molecule is CCCCN[C]=O. The Balaban J connectivity index is 2.56. The van der Waals surface area contributed by atoms with E-state index in [-0.39, 0.29) is 0 Å². The van der Waals surface area contributed by atoms with Crippen molar-refractivity contribution in [3.05, 3.63) is 0 Å². The van der Waals surface area contributed by atoms with Crippen molar-refractivity contribution in [3.63, 3.8) is 0 Å². The number of carbonyl (C=O) groups excluding carboxylic acids is 1. The highest BCUT2D eigenvalue weighted by atomic mass is 16.1. The van der Waals surface area contributed by atoms with Crippen LogP contribution in [0, 0.1) is 0 Å². The van der Waals surface area contributed by atoms with Crippen LogP contribution in [0.5, 0.6) is 0 Å². The molecule has 0 aromatic heterocycles. The van der Waals surface area contributed by atoms with Crippen LogP contribution in [0.1, 0.15) is 19.8 Å². The van der Waals surface area contributed by atoms with Crippen molar-refractivity contribution in [2.75, 3.05) is 6.54 Å². The van der Waals surface area contributed by atoms with Crippen LogP contribution in [0.3, 0.4) is 0 Å². The molecule has 1 amide bonds. The van der Waals surface area contributed by atoms with Gasteiger partial charge in [-0.2, -0.15) is 0 Å². The lowest BCUT2D eigenvalue weighted by Crippen LogP contribution is -2.11. The molecule has 2 heteroatoms. The molecule has 0 fully saturated rings. The Bertz CT molecular complexity index is 45.3. The summed E-state index contributed by atoms with van der Waals surface area (Å²) in [6.07, 6.45) is 3.77. The molecule has 0 atom stereocenters. The Kier molecular flexibility index (Phi) is 5.06. The summed E-state index contributed by atoms with van der Waals surface area (Å²) < 4.78 is 0. The first kappa shape index (κ1) is 6.47. The number of nitrogens with one attached hydrogen (secondary N) is 1. The van der Waals surface area contributed by atoms with E-state index >= 15 is 0 Å². The van der Waals surface area contributed by atoms with Crippen LogP contribution >= 0.6 is 0 Å². The minimum absolute atomic E-state index is 0.764. The van der Waals surface area contributed by atoms with Crippen LogP contribution in [0.15, 0.2) is 0 Å². The van der Waals surface area contributed by atoms with Gasteiger partial charge in [-0.05, 0) is 6.42 Å². The molecule has 0 aromatic carbocycles. The van der Waals surface area contributed by atoms with E-state index in [9.17, 15) is 4.79 Å². The molecule has 0 heterocycles. The summed E-state index contributed by atoms with van der Waals surface area (Å²) in [7, 11) is 0. The van der Waals surface area contributed by atoms with Gasteiger partial charge in [0.05, 0.1) is 0 Å². The van der Waals surface area contributed by atoms with Crippen molar-refractivity contribution in [2.24, 2.45) is 0 Å². The van der Waals surface area contributed by atoms with Gasteiger partial charge in [-0.3, -0.25) is 4.79 Å². The van der Waals surface area contributed by atoms with Gasteiger partial charge in [-0.25, -0.2) is 0 Å². The maximum Gasteiger partial charge on any atom is 0.309 e. The fraction of sp³-hybridized carbons (Fsp3) is 0.800. The van der Waals surface area contributed by atoms with Crippen LogP contribution in [0.2, 0.25) is 0 Å². The summed E-state index contributed by atoms with van der Waals surface area (Å²) in [4.78, 5) is 9.44. The summed E-state index contributed by atoms with van der Waals surface area (Å²) in [6, 6.07) is 0. The molecule has 2 nitrogen and oxygen atoms in total. The van der Waals surface area contributed by atoms with Crippen LogP contribution in [-0.4, -0.2) is 13.0 Å². The molecule has 0 aliphatic rings. The number of unbranched alkanes of at least 4 members (excludes halogenated alkanes) is 1. The quantitative estimate of drug-likeness (QED) is 0.403. The zero-order valence-corrected chi connectivity index (χ0v) is 4.53. The third kappa shape index (κ3) is 5.47. The van der Waals surface area contributed by atoms with Crippen molar-refractivity contribution >= 4 is 6.41 Å². The summed E-state index contributed by atoms with van der Waals surface area (Å²) in [6.45, 7) is 2.84. The second-order valence-corrected chi connectivity index (χ2v) is 1.38. The molecule has 0 saturated heterocycles. The predicted molar refractivity (Wildman–Crippen MR) is 28.6 cm³/mol. The molecular weight excluding hydrogens is 90.1 g/mol. The second kappa shape index (κ2) is 5.47. The van der Waals surface area contributed by atoms with Gasteiger partial charge in [0, 0.05) is 6.54 Å². The van der Waals surface area contributed by atoms with Gasteiger partial charge in [0.15, 0.2) is 0 Å². The Morgan fingerprint density at radius 1 is 1.71 bits per heavy atom. The number of hydrogen-bond acceptors (Lipinski definition) is 1. The number of amides is 1. The number of hydrogen-bond donors (Lipinski definition) is 1. The molecule has 0 aliphatic carbocycles. The molecule has 7 heavy (non-hydrogen) atoms. The minimum Gasteiger partial charge on any atom is -0.348 e. The highest BCUT2D eigenvalue weighted by Crippen LogP contribution is 1.79. The topological polar surface area (TPSA) is 29.1 Å². The molecule has 0 unspecified atom stereocenters. The average Bonchev–Trinajstić information content (AvgIpc) is 1.69. The normalized spacial score (nSPS) is 8.14. The zero-order chi connectivity index (χ0) is 5.54. The van der Waals surface area contributed by atoms with Crippen molar-refractivity contribution in [1.29, 1.82) is 0 Å². The van der Waals surface area contributed by atoms with Crippen molar-refractivity contribution < 1.29 is 4.79 Å². The first-order valence-electron chi connectivity index (χ1n) is 2.51. The molecule has 0 bridgehead atoms. The summed E-state index contributed by atoms with van der Waals surface area (Å²) in [5, 5.41) is 2.44. The van der Waals surface area contributed by atoms with Gasteiger partial charge < -0.3 is 5.32 Å². The highest BCUT2D eigenvalue weighted by molar-refractivity contribution is 5.46. The maximum atomic E-state index is 9.44. The maximum absolute atomic E-state index is 9.44. The standard InChI is InChI=1S/C5H10NO/c1-2-3-4-6-5-7/h2-4H2,1H3,(H,6,7). The van der Waals surface area contributed by atoms with E-state index in [0.29, 0.717) is 0 Å². The lowest BCUT2D eigenvalue weighted by molar-refractivity contribution is 0.540. The zero-order valence-electron chi connectivity index (χ0n) is 4.53. The Morgan fingerprint density at radius 2 is 2.43 bits per heavy atom. The molecule has 0 rings (SSSR count). The molecule has 0 spiro atoms. The van der Waals surface area contributed by atoms with Crippen molar-refractivity contribution in [2.45, 2.75) is 19.8 Å². The fourth-order valence-electron chi connectivity index (χ4n) is 0.316. The van der Waals surface area contributed by atoms with Crippen LogP contribution in [0.25, 0.3) is 0 Å². The lowest BCUT2D eigenvalue weighted by Gasteiger charge is -1.89. The van der Waals surface area contributed by atoms with E-state index < -0.39 is 0 Å². The second-order valence-electron chi connectivity index (χ2n) is 1.38. The monoisotopic (exact) mass is 100 g/mol. The van der Waals surface area contributed by atoms with Gasteiger partial charge in [-0.15, -0.1) is 0 Å². The van der Waals surface area contributed by atoms with E-state index in [4.69, 9.17) is 0 Å². The molecule has 1 N–H and O–H groups in total. The lowest BCUT2D eigenvalue weighted by atomic mass is 10.3. The predicted octanol–water partition coefficient (Wildman–Crippen LogP) is 0.443. The number of rotatable bonds is 4. The van der Waals surface area contributed by atoms with E-state index in [1.165, 1.54) is 0 Å². The average molecular weight is 100 g/mol. The smallest absolute Gasteiger partial charge is 0.309 e. The third-order valence-electron chi connectivity index (χ3n) is 0.727. The van der Waals surface area contributed by atoms with Crippen LogP contribution < -0.4 is 5.32 Å². The van der Waals surface area contributed by atoms with E-state index in [2.05, 4.69) is 12.2 Å². The largest absolute Gasteiger partial charge is 0.348 e. The van der Waals surface area contributed by atoms with E-state index in [0.717, 1.165) is 19.4 Å². The summed E-state index contributed by atoms with van der Waals surface area (Å²) >= 11 is 0. The third-order valence-corrected chi connectivity index (χ3v) is 0.727. The Hall–Kier alpha value is -0.530. The minimum atomic E-state index is 0.764. The summed E-state index contributed by atoms with van der Waals surface area (Å²) in [5.41, 5.74) is 0. The molecule has 1 radical (unpaired) electrons. The van der Waals surface area contributed by atoms with Gasteiger partial charge in [0.25, 0.3) is 0 Å². The van der Waals surface area contributed by atoms with Crippen molar-refractivity contribution in [3.8, 4) is 0 Å². The van der Waals surface area contributed by atoms with Crippen LogP contribution in [-0.2, 0) is 4.79 Å². The highest BCUT2D eigenvalue weighted by Gasteiger charge is 1.77. The summed E-state index contributed by atoms with van der Waals surface area (Å²) in [5.74, 6) is 0. The Morgan fingerprint density at radius 3 is 2.86 bits per heavy atom. The van der Waals surface area contributed by atoms with Crippen LogP contribution in [0.4, 0.5) is 0 Å². The van der Waals surface area contributed by atoms with E-state index in [1.807, 2.05) is 0 Å². The van der Waals surface area contributed by atoms with E-state index in [1.54, 1.807) is 6.41 Å². The Labute approximate surface area is 43.9 Å². The van der Waals surface area contributed by atoms with Gasteiger partial charge >= 0.3 is 6.41 Å². The first-order chi connectivity index (χ1) is 3.41. The van der Waals surface area contributed by atoms with Crippen molar-refractivity contribution in [1.82, 2.24) is 5.32 Å².